The number of carbonyl (C=O) groups excluding carboxylic acids is 3. The second-order valence-electron chi connectivity index (χ2n) is 7.35. The Labute approximate surface area is 194 Å². The van der Waals surface area contributed by atoms with Gasteiger partial charge >= 0.3 is 5.97 Å². The van der Waals surface area contributed by atoms with Gasteiger partial charge in [-0.25, -0.2) is 4.79 Å². The fraction of sp³-hybridized carbons (Fsp3) is 0.208. The minimum Gasteiger partial charge on any atom is -0.495 e. The quantitative estimate of drug-likeness (QED) is 0.517. The number of rotatable bonds is 7. The molecule has 3 aromatic rings. The van der Waals surface area contributed by atoms with E-state index in [9.17, 15) is 14.4 Å². The van der Waals surface area contributed by atoms with Crippen LogP contribution in [-0.4, -0.2) is 38.0 Å². The maximum absolute atomic E-state index is 12.4. The topological polar surface area (TPSA) is 103 Å². The van der Waals surface area contributed by atoms with Crippen LogP contribution in [0.25, 0.3) is 10.4 Å². The number of ether oxygens (including phenoxy) is 3. The number of amides is 2. The zero-order valence-electron chi connectivity index (χ0n) is 18.1. The van der Waals surface area contributed by atoms with Crippen molar-refractivity contribution in [3.8, 4) is 21.9 Å². The number of esters is 1. The Bertz CT molecular complexity index is 1220. The van der Waals surface area contributed by atoms with Crippen molar-refractivity contribution in [3.63, 3.8) is 0 Å². The third-order valence-corrected chi connectivity index (χ3v) is 6.13. The number of fused-ring (bicyclic) bond motifs is 3. The molecule has 170 valence electrons. The molecule has 1 aliphatic heterocycles. The number of nitrogens with one attached hydrogen (secondary N) is 2. The number of methoxy groups -OCH3 is 1. The first-order chi connectivity index (χ1) is 15.9. The summed E-state index contributed by atoms with van der Waals surface area (Å²) < 4.78 is 16.0. The maximum Gasteiger partial charge on any atom is 0.348 e. The molecule has 1 aliphatic rings. The average Bonchev–Trinajstić information content (AvgIpc) is 3.26. The van der Waals surface area contributed by atoms with Crippen molar-refractivity contribution in [2.75, 3.05) is 25.6 Å². The molecule has 0 radical (unpaired) electrons. The summed E-state index contributed by atoms with van der Waals surface area (Å²) in [6.07, 6.45) is 0. The van der Waals surface area contributed by atoms with Crippen molar-refractivity contribution in [2.45, 2.75) is 13.5 Å². The normalized spacial score (nSPS) is 11.5. The highest BCUT2D eigenvalue weighted by molar-refractivity contribution is 7.17. The molecule has 0 saturated carbocycles. The van der Waals surface area contributed by atoms with Crippen LogP contribution in [0, 0.1) is 6.92 Å². The summed E-state index contributed by atoms with van der Waals surface area (Å²) >= 11 is 1.30. The van der Waals surface area contributed by atoms with E-state index in [1.165, 1.54) is 18.4 Å². The third-order valence-electron chi connectivity index (χ3n) is 4.93. The van der Waals surface area contributed by atoms with E-state index in [0.29, 0.717) is 22.9 Å². The zero-order valence-corrected chi connectivity index (χ0v) is 18.9. The van der Waals surface area contributed by atoms with Crippen molar-refractivity contribution < 1.29 is 28.6 Å². The van der Waals surface area contributed by atoms with Crippen LogP contribution < -0.4 is 20.1 Å². The van der Waals surface area contributed by atoms with Crippen LogP contribution >= 0.6 is 11.3 Å². The number of para-hydroxylation sites is 1. The fourth-order valence-corrected chi connectivity index (χ4v) is 4.44. The molecule has 0 spiro atoms. The van der Waals surface area contributed by atoms with Gasteiger partial charge in [0, 0.05) is 16.0 Å². The van der Waals surface area contributed by atoms with Gasteiger partial charge in [0.05, 0.1) is 19.3 Å². The van der Waals surface area contributed by atoms with E-state index in [-0.39, 0.29) is 6.54 Å². The van der Waals surface area contributed by atoms with Crippen LogP contribution in [0.5, 0.6) is 11.5 Å². The van der Waals surface area contributed by atoms with E-state index in [0.717, 1.165) is 27.3 Å². The van der Waals surface area contributed by atoms with E-state index in [4.69, 9.17) is 14.2 Å². The first kappa shape index (κ1) is 22.3. The Morgan fingerprint density at radius 3 is 2.73 bits per heavy atom. The lowest BCUT2D eigenvalue weighted by atomic mass is 10.1. The summed E-state index contributed by atoms with van der Waals surface area (Å²) in [6, 6.07) is 14.7. The van der Waals surface area contributed by atoms with Gasteiger partial charge < -0.3 is 24.8 Å². The second-order valence-corrected chi connectivity index (χ2v) is 8.41. The molecule has 2 amide bonds. The molecular formula is C24H22N2O6S. The summed E-state index contributed by atoms with van der Waals surface area (Å²) in [5, 5.41) is 5.13. The van der Waals surface area contributed by atoms with E-state index in [1.807, 2.05) is 37.3 Å². The summed E-state index contributed by atoms with van der Waals surface area (Å²) in [6.45, 7) is 1.50. The Balaban J connectivity index is 1.28. The van der Waals surface area contributed by atoms with Crippen LogP contribution in [-0.2, 0) is 20.9 Å². The molecule has 0 bridgehead atoms. The lowest BCUT2D eigenvalue weighted by Gasteiger charge is -2.16. The van der Waals surface area contributed by atoms with Gasteiger partial charge in [0.1, 0.15) is 23.0 Å². The van der Waals surface area contributed by atoms with Crippen LogP contribution in [0.4, 0.5) is 5.69 Å². The van der Waals surface area contributed by atoms with Gasteiger partial charge in [-0.3, -0.25) is 9.59 Å². The van der Waals surface area contributed by atoms with Crippen molar-refractivity contribution in [1.82, 2.24) is 5.32 Å². The van der Waals surface area contributed by atoms with Gasteiger partial charge in [0.2, 0.25) is 5.91 Å². The Kier molecular flexibility index (Phi) is 6.60. The molecule has 9 heteroatoms. The van der Waals surface area contributed by atoms with Crippen LogP contribution in [0.3, 0.4) is 0 Å². The molecule has 8 nitrogen and oxygen atoms in total. The summed E-state index contributed by atoms with van der Waals surface area (Å²) in [7, 11) is 1.51. The Morgan fingerprint density at radius 1 is 1.09 bits per heavy atom. The van der Waals surface area contributed by atoms with Crippen molar-refractivity contribution >= 4 is 34.8 Å². The molecule has 4 rings (SSSR count). The number of anilines is 1. The van der Waals surface area contributed by atoms with Gasteiger partial charge in [-0.1, -0.05) is 18.2 Å². The highest BCUT2D eigenvalue weighted by Crippen LogP contribution is 2.42. The van der Waals surface area contributed by atoms with Gasteiger partial charge in [-0.2, -0.15) is 0 Å². The number of hydrogen-bond acceptors (Lipinski definition) is 7. The lowest BCUT2D eigenvalue weighted by Crippen LogP contribution is -2.35. The first-order valence-corrected chi connectivity index (χ1v) is 11.0. The van der Waals surface area contributed by atoms with E-state index >= 15 is 0 Å². The van der Waals surface area contributed by atoms with E-state index in [2.05, 4.69) is 10.6 Å². The van der Waals surface area contributed by atoms with Crippen molar-refractivity contribution in [1.29, 1.82) is 0 Å². The second kappa shape index (κ2) is 9.74. The van der Waals surface area contributed by atoms with Crippen molar-refractivity contribution in [2.24, 2.45) is 0 Å². The fourth-order valence-electron chi connectivity index (χ4n) is 3.35. The number of benzene rings is 2. The highest BCUT2D eigenvalue weighted by atomic mass is 32.1. The van der Waals surface area contributed by atoms with Crippen LogP contribution in [0.2, 0.25) is 0 Å². The van der Waals surface area contributed by atoms with Crippen LogP contribution in [0.15, 0.2) is 48.5 Å². The molecule has 0 saturated heterocycles. The molecule has 0 aliphatic carbocycles. The predicted octanol–water partition coefficient (Wildman–Crippen LogP) is 3.54. The molecule has 2 heterocycles. The van der Waals surface area contributed by atoms with Gasteiger partial charge in [-0.15, -0.1) is 11.3 Å². The Morgan fingerprint density at radius 2 is 1.91 bits per heavy atom. The van der Waals surface area contributed by atoms with E-state index in [1.54, 1.807) is 18.2 Å². The number of aryl methyl sites for hydroxylation is 1. The lowest BCUT2D eigenvalue weighted by molar-refractivity contribution is -0.126. The number of hydrogen-bond donors (Lipinski definition) is 2. The number of thiophene rings is 1. The predicted molar refractivity (Wildman–Crippen MR) is 124 cm³/mol. The van der Waals surface area contributed by atoms with Gasteiger partial charge in [-0.05, 0) is 42.8 Å². The SMILES string of the molecule is COc1ccc(C)cc1NC(=O)CNC(=O)COC(=O)c1cc2c(s1)-c1ccccc1OC2. The average molecular weight is 467 g/mol. The molecule has 0 fully saturated rings. The standard InChI is InChI=1S/C24H22N2O6S/c1-14-7-8-19(30-2)17(9-14)26-21(27)11-25-22(28)13-32-24(29)20-10-15-12-31-18-6-4-3-5-16(18)23(15)33-20/h3-10H,11-13H2,1-2H3,(H,25,28)(H,26,27). The molecule has 0 atom stereocenters. The molecule has 1 aromatic heterocycles. The zero-order chi connectivity index (χ0) is 23.4. The summed E-state index contributed by atoms with van der Waals surface area (Å²) in [5.41, 5.74) is 3.29. The van der Waals surface area contributed by atoms with Gasteiger partial charge in [0.25, 0.3) is 5.91 Å². The minimum absolute atomic E-state index is 0.269. The summed E-state index contributed by atoms with van der Waals surface area (Å²) in [4.78, 5) is 38.0. The largest absolute Gasteiger partial charge is 0.495 e. The third kappa shape index (κ3) is 5.15. The van der Waals surface area contributed by atoms with Crippen LogP contribution in [0.1, 0.15) is 20.8 Å². The van der Waals surface area contributed by atoms with Crippen molar-refractivity contribution in [3.05, 3.63) is 64.5 Å². The minimum atomic E-state index is -0.601. The monoisotopic (exact) mass is 466 g/mol. The summed E-state index contributed by atoms with van der Waals surface area (Å²) in [5.74, 6) is -0.322. The van der Waals surface area contributed by atoms with E-state index < -0.39 is 24.4 Å². The first-order valence-electron chi connectivity index (χ1n) is 10.2. The molecule has 2 aromatic carbocycles. The number of carbonyl (C=O) groups is 3. The molecular weight excluding hydrogens is 444 g/mol. The smallest absolute Gasteiger partial charge is 0.348 e. The highest BCUT2D eigenvalue weighted by Gasteiger charge is 2.23. The maximum atomic E-state index is 12.4. The van der Waals surface area contributed by atoms with Gasteiger partial charge in [0.15, 0.2) is 6.61 Å². The molecule has 33 heavy (non-hydrogen) atoms. The molecule has 2 N–H and O–H groups in total. The molecule has 0 unspecified atom stereocenters. The Hall–Kier alpha value is -3.85.